The number of pyridine rings is 1. The predicted octanol–water partition coefficient (Wildman–Crippen LogP) is 7.17. The Hall–Kier alpha value is -3.39. The van der Waals surface area contributed by atoms with E-state index in [0.717, 1.165) is 0 Å². The van der Waals surface area contributed by atoms with Gasteiger partial charge in [0.15, 0.2) is 5.60 Å². The second-order valence-corrected chi connectivity index (χ2v) is 9.57. The third-order valence-corrected chi connectivity index (χ3v) is 7.06. The van der Waals surface area contributed by atoms with Crippen LogP contribution in [0.2, 0.25) is 10.0 Å². The standard InChI is InChI=1S/C28H20Cl2F3N3O/c1-36-16-34-15-24(36)27(37,18-7-10-20(29)11-8-18)19-9-12-23-21(14-19)25(30)22(26(35-23)28(31,32)33)13-17-5-3-2-4-6-17/h2-12,14-16,37H,13H2,1H3. The van der Waals surface area contributed by atoms with E-state index in [2.05, 4.69) is 9.97 Å². The number of imidazole rings is 1. The first-order chi connectivity index (χ1) is 17.6. The molecule has 0 aliphatic rings. The number of alkyl halides is 3. The Morgan fingerprint density at radius 1 is 0.919 bits per heavy atom. The minimum absolute atomic E-state index is 0.0507. The van der Waals surface area contributed by atoms with Crippen LogP contribution in [0.5, 0.6) is 0 Å². The van der Waals surface area contributed by atoms with Gasteiger partial charge >= 0.3 is 6.18 Å². The largest absolute Gasteiger partial charge is 0.433 e. The van der Waals surface area contributed by atoms with Gasteiger partial charge in [0, 0.05) is 29.4 Å². The third kappa shape index (κ3) is 4.59. The molecule has 0 saturated heterocycles. The molecular formula is C28H20Cl2F3N3O. The number of rotatable bonds is 5. The van der Waals surface area contributed by atoms with E-state index in [0.29, 0.717) is 32.8 Å². The molecular weight excluding hydrogens is 522 g/mol. The molecule has 0 aliphatic carbocycles. The average molecular weight is 542 g/mol. The third-order valence-electron chi connectivity index (χ3n) is 6.38. The predicted molar refractivity (Wildman–Crippen MR) is 138 cm³/mol. The lowest BCUT2D eigenvalue weighted by Crippen LogP contribution is -2.31. The lowest BCUT2D eigenvalue weighted by atomic mass is 9.83. The molecule has 37 heavy (non-hydrogen) atoms. The minimum atomic E-state index is -4.70. The molecule has 9 heteroatoms. The van der Waals surface area contributed by atoms with Gasteiger partial charge in [-0.05, 0) is 41.0 Å². The van der Waals surface area contributed by atoms with Gasteiger partial charge in [0.2, 0.25) is 0 Å². The van der Waals surface area contributed by atoms with E-state index in [1.165, 1.54) is 12.3 Å². The molecule has 0 spiro atoms. The fourth-order valence-electron chi connectivity index (χ4n) is 4.54. The summed E-state index contributed by atoms with van der Waals surface area (Å²) in [6, 6.07) is 20.0. The van der Waals surface area contributed by atoms with Gasteiger partial charge in [-0.1, -0.05) is 71.7 Å². The number of nitrogens with zero attached hydrogens (tertiary/aromatic N) is 3. The van der Waals surface area contributed by atoms with Crippen LogP contribution in [0.4, 0.5) is 13.2 Å². The van der Waals surface area contributed by atoms with E-state index in [1.807, 2.05) is 0 Å². The molecule has 2 aromatic heterocycles. The van der Waals surface area contributed by atoms with Crippen LogP contribution in [-0.4, -0.2) is 19.6 Å². The fraction of sp³-hybridized carbons (Fsp3) is 0.143. The highest BCUT2D eigenvalue weighted by atomic mass is 35.5. The molecule has 1 N–H and O–H groups in total. The van der Waals surface area contributed by atoms with Crippen molar-refractivity contribution in [1.82, 2.24) is 14.5 Å². The van der Waals surface area contributed by atoms with Gasteiger partial charge in [-0.3, -0.25) is 0 Å². The summed E-state index contributed by atoms with van der Waals surface area (Å²) < 4.78 is 43.8. The molecule has 0 amide bonds. The second kappa shape index (κ2) is 9.49. The second-order valence-electron chi connectivity index (χ2n) is 8.75. The average Bonchev–Trinajstić information content (AvgIpc) is 3.31. The summed E-state index contributed by atoms with van der Waals surface area (Å²) in [5.41, 5.74) is -0.770. The summed E-state index contributed by atoms with van der Waals surface area (Å²) in [5, 5.41) is 12.9. The molecule has 0 radical (unpaired) electrons. The van der Waals surface area contributed by atoms with Crippen molar-refractivity contribution < 1.29 is 18.3 Å². The van der Waals surface area contributed by atoms with Crippen molar-refractivity contribution in [2.75, 3.05) is 0 Å². The van der Waals surface area contributed by atoms with Crippen LogP contribution >= 0.6 is 23.2 Å². The number of aryl methyl sites for hydroxylation is 1. The summed E-state index contributed by atoms with van der Waals surface area (Å²) in [7, 11) is 1.74. The Bertz CT molecular complexity index is 1580. The molecule has 188 valence electrons. The topological polar surface area (TPSA) is 50.9 Å². The fourth-order valence-corrected chi connectivity index (χ4v) is 4.98. The van der Waals surface area contributed by atoms with Crippen molar-refractivity contribution >= 4 is 34.1 Å². The van der Waals surface area contributed by atoms with Crippen LogP contribution in [0.3, 0.4) is 0 Å². The lowest BCUT2D eigenvalue weighted by molar-refractivity contribution is -0.141. The molecule has 0 fully saturated rings. The van der Waals surface area contributed by atoms with Crippen molar-refractivity contribution in [3.63, 3.8) is 0 Å². The van der Waals surface area contributed by atoms with Crippen LogP contribution in [0.1, 0.15) is 33.6 Å². The van der Waals surface area contributed by atoms with Crippen molar-refractivity contribution in [2.45, 2.75) is 18.2 Å². The molecule has 2 heterocycles. The Kier molecular flexibility index (Phi) is 6.48. The number of hydrogen-bond donors (Lipinski definition) is 1. The quantitative estimate of drug-likeness (QED) is 0.256. The Morgan fingerprint density at radius 3 is 2.22 bits per heavy atom. The maximum Gasteiger partial charge on any atom is 0.433 e. The van der Waals surface area contributed by atoms with Crippen molar-refractivity contribution in [1.29, 1.82) is 0 Å². The first-order valence-electron chi connectivity index (χ1n) is 11.3. The van der Waals surface area contributed by atoms with Crippen LogP contribution in [0.25, 0.3) is 10.9 Å². The van der Waals surface area contributed by atoms with Gasteiger partial charge in [0.25, 0.3) is 0 Å². The molecule has 0 saturated carbocycles. The molecule has 1 atom stereocenters. The summed E-state index contributed by atoms with van der Waals surface area (Å²) >= 11 is 12.8. The maximum atomic E-state index is 14.0. The number of aliphatic hydroxyl groups is 1. The van der Waals surface area contributed by atoms with E-state index in [-0.39, 0.29) is 22.5 Å². The number of benzene rings is 3. The van der Waals surface area contributed by atoms with E-state index < -0.39 is 17.5 Å². The monoisotopic (exact) mass is 541 g/mol. The van der Waals surface area contributed by atoms with Crippen molar-refractivity contribution in [3.8, 4) is 0 Å². The van der Waals surface area contributed by atoms with Gasteiger partial charge in [-0.25, -0.2) is 9.97 Å². The van der Waals surface area contributed by atoms with E-state index in [9.17, 15) is 18.3 Å². The highest BCUT2D eigenvalue weighted by Gasteiger charge is 2.39. The number of hydrogen-bond acceptors (Lipinski definition) is 3. The van der Waals surface area contributed by atoms with Crippen molar-refractivity contribution in [3.05, 3.63) is 129 Å². The molecule has 1 unspecified atom stereocenters. The number of fused-ring (bicyclic) bond motifs is 1. The zero-order valence-electron chi connectivity index (χ0n) is 19.5. The molecule has 5 aromatic rings. The first-order valence-corrected chi connectivity index (χ1v) is 12.0. The lowest BCUT2D eigenvalue weighted by Gasteiger charge is -2.30. The number of aromatic nitrogens is 3. The highest BCUT2D eigenvalue weighted by molar-refractivity contribution is 6.36. The maximum absolute atomic E-state index is 14.0. The normalized spacial score (nSPS) is 13.6. The Morgan fingerprint density at radius 2 is 1.59 bits per heavy atom. The summed E-state index contributed by atoms with van der Waals surface area (Å²) in [6.45, 7) is 0. The minimum Gasteiger partial charge on any atom is -0.374 e. The zero-order chi connectivity index (χ0) is 26.4. The van der Waals surface area contributed by atoms with Crippen LogP contribution < -0.4 is 0 Å². The van der Waals surface area contributed by atoms with Gasteiger partial charge in [-0.15, -0.1) is 0 Å². The van der Waals surface area contributed by atoms with E-state index in [1.54, 1.807) is 84.7 Å². The van der Waals surface area contributed by atoms with E-state index in [4.69, 9.17) is 23.2 Å². The molecule has 0 bridgehead atoms. The Labute approximate surface area is 220 Å². The number of halogens is 5. The Balaban J connectivity index is 1.76. The smallest absolute Gasteiger partial charge is 0.374 e. The molecule has 4 nitrogen and oxygen atoms in total. The van der Waals surface area contributed by atoms with Gasteiger partial charge in [0.05, 0.1) is 28.8 Å². The zero-order valence-corrected chi connectivity index (χ0v) is 21.0. The van der Waals surface area contributed by atoms with Crippen LogP contribution in [-0.2, 0) is 25.2 Å². The van der Waals surface area contributed by atoms with Gasteiger partial charge in [-0.2, -0.15) is 13.2 Å². The van der Waals surface area contributed by atoms with Gasteiger partial charge in [0.1, 0.15) is 5.69 Å². The molecule has 3 aromatic carbocycles. The van der Waals surface area contributed by atoms with Crippen LogP contribution in [0, 0.1) is 0 Å². The summed E-state index contributed by atoms with van der Waals surface area (Å²) in [6.07, 6.45) is -1.66. The first kappa shape index (κ1) is 25.3. The highest BCUT2D eigenvalue weighted by Crippen LogP contribution is 2.42. The van der Waals surface area contributed by atoms with E-state index >= 15 is 0 Å². The van der Waals surface area contributed by atoms with Crippen molar-refractivity contribution in [2.24, 2.45) is 7.05 Å². The van der Waals surface area contributed by atoms with Crippen LogP contribution in [0.15, 0.2) is 85.3 Å². The SMILES string of the molecule is Cn1cncc1C(O)(c1ccc(Cl)cc1)c1ccc2nc(C(F)(F)F)c(Cc3ccccc3)c(Cl)c2c1. The molecule has 0 aliphatic heterocycles. The summed E-state index contributed by atoms with van der Waals surface area (Å²) in [5.74, 6) is 0. The summed E-state index contributed by atoms with van der Waals surface area (Å²) in [4.78, 5) is 8.11. The molecule has 5 rings (SSSR count). The van der Waals surface area contributed by atoms with Gasteiger partial charge < -0.3 is 9.67 Å².